The van der Waals surface area contributed by atoms with E-state index in [2.05, 4.69) is 34.1 Å². The number of H-pyrrole nitrogens is 1. The Hall–Kier alpha value is -2.40. The van der Waals surface area contributed by atoms with Crippen LogP contribution in [-0.4, -0.2) is 52.4 Å². The summed E-state index contributed by atoms with van der Waals surface area (Å²) in [5.41, 5.74) is 2.93. The molecule has 27 heavy (non-hydrogen) atoms. The van der Waals surface area contributed by atoms with Crippen molar-refractivity contribution < 1.29 is 4.79 Å². The van der Waals surface area contributed by atoms with Crippen LogP contribution in [0.2, 0.25) is 0 Å². The van der Waals surface area contributed by atoms with Crippen LogP contribution >= 0.6 is 0 Å². The zero-order valence-electron chi connectivity index (χ0n) is 15.4. The molecule has 0 spiro atoms. The molecule has 4 aliphatic rings. The first-order chi connectivity index (χ1) is 13.2. The summed E-state index contributed by atoms with van der Waals surface area (Å²) in [6.45, 7) is 2.75. The molecule has 140 valence electrons. The van der Waals surface area contributed by atoms with Gasteiger partial charge in [0.25, 0.3) is 11.5 Å². The fraction of sp³-hybridized carbons (Fsp3) is 0.455. The van der Waals surface area contributed by atoms with E-state index in [0.29, 0.717) is 12.0 Å². The zero-order chi connectivity index (χ0) is 18.4. The van der Waals surface area contributed by atoms with Gasteiger partial charge in [-0.15, -0.1) is 0 Å². The summed E-state index contributed by atoms with van der Waals surface area (Å²) in [4.78, 5) is 32.4. The van der Waals surface area contributed by atoms with Crippen molar-refractivity contribution in [2.45, 2.75) is 37.8 Å². The summed E-state index contributed by atoms with van der Waals surface area (Å²) in [6.07, 6.45) is 6.02. The number of carbonyl (C=O) groups is 1. The number of nitrogens with one attached hydrogen (secondary N) is 1. The minimum Gasteiger partial charge on any atom is -0.334 e. The van der Waals surface area contributed by atoms with E-state index < -0.39 is 0 Å². The molecule has 3 fully saturated rings. The first kappa shape index (κ1) is 16.8. The lowest BCUT2D eigenvalue weighted by atomic mass is 9.94. The first-order valence-electron chi connectivity index (χ1n) is 9.98. The molecule has 0 saturated carbocycles. The van der Waals surface area contributed by atoms with Gasteiger partial charge in [0.1, 0.15) is 5.56 Å². The highest BCUT2D eigenvalue weighted by Crippen LogP contribution is 2.33. The van der Waals surface area contributed by atoms with E-state index in [1.165, 1.54) is 17.5 Å². The highest BCUT2D eigenvalue weighted by atomic mass is 16.2. The van der Waals surface area contributed by atoms with Crippen molar-refractivity contribution in [1.82, 2.24) is 14.8 Å². The maximum Gasteiger partial charge on any atom is 0.260 e. The number of rotatable bonds is 2. The Morgan fingerprint density at radius 2 is 1.70 bits per heavy atom. The Balaban J connectivity index is 1.36. The van der Waals surface area contributed by atoms with E-state index in [4.69, 9.17) is 0 Å². The average molecular weight is 363 g/mol. The van der Waals surface area contributed by atoms with Crippen LogP contribution in [0.1, 0.15) is 34.3 Å². The molecule has 1 aromatic carbocycles. The molecule has 1 aromatic heterocycles. The van der Waals surface area contributed by atoms with Crippen molar-refractivity contribution in [2.75, 3.05) is 19.6 Å². The molecule has 5 nitrogen and oxygen atoms in total. The molecular formula is C22H25N3O2. The summed E-state index contributed by atoms with van der Waals surface area (Å²) in [5.74, 6) is 0.391. The molecule has 0 radical (unpaired) electrons. The van der Waals surface area contributed by atoms with Gasteiger partial charge in [-0.3, -0.25) is 14.5 Å². The number of aromatic amines is 1. The summed E-state index contributed by atoms with van der Waals surface area (Å²) < 4.78 is 0. The highest BCUT2D eigenvalue weighted by Gasteiger charge is 2.40. The molecule has 5 heteroatoms. The summed E-state index contributed by atoms with van der Waals surface area (Å²) >= 11 is 0. The lowest BCUT2D eigenvalue weighted by molar-refractivity contribution is 0.0580. The first-order valence-corrected chi connectivity index (χ1v) is 9.98. The molecule has 2 atom stereocenters. The van der Waals surface area contributed by atoms with E-state index in [9.17, 15) is 9.59 Å². The van der Waals surface area contributed by atoms with Gasteiger partial charge in [-0.05, 0) is 54.9 Å². The van der Waals surface area contributed by atoms with Crippen LogP contribution in [0.5, 0.6) is 0 Å². The number of pyridine rings is 1. The van der Waals surface area contributed by atoms with Gasteiger partial charge < -0.3 is 9.88 Å². The Kier molecular flexibility index (Phi) is 4.12. The van der Waals surface area contributed by atoms with Crippen molar-refractivity contribution in [2.24, 2.45) is 5.92 Å². The number of fused-ring (bicyclic) bond motifs is 5. The topological polar surface area (TPSA) is 56.4 Å². The van der Waals surface area contributed by atoms with Crippen LogP contribution in [-0.2, 0) is 12.8 Å². The number of hydrogen-bond donors (Lipinski definition) is 1. The fourth-order valence-electron chi connectivity index (χ4n) is 5.20. The largest absolute Gasteiger partial charge is 0.334 e. The molecular weight excluding hydrogens is 338 g/mol. The smallest absolute Gasteiger partial charge is 0.260 e. The van der Waals surface area contributed by atoms with E-state index in [0.717, 1.165) is 38.9 Å². The molecule has 2 bridgehead atoms. The zero-order valence-corrected chi connectivity index (χ0v) is 15.4. The van der Waals surface area contributed by atoms with Crippen LogP contribution in [0.3, 0.4) is 0 Å². The standard InChI is InChI=1S/C22H25N3O2/c26-21-20(6-3-9-23-21)22(27)25-13-15-7-8-18(25)14-24(12-15)19-10-16-4-1-2-5-17(16)11-19/h1-6,9,15,18-19H,7-8,10-14H2,(H,23,26)/t15-,18+/m0/s1. The Morgan fingerprint density at radius 3 is 2.44 bits per heavy atom. The summed E-state index contributed by atoms with van der Waals surface area (Å²) in [7, 11) is 0. The molecule has 0 unspecified atom stereocenters. The number of aromatic nitrogens is 1. The monoisotopic (exact) mass is 363 g/mol. The third-order valence-electron chi connectivity index (χ3n) is 6.60. The molecule has 3 aliphatic heterocycles. The Labute approximate surface area is 159 Å². The van der Waals surface area contributed by atoms with Crippen LogP contribution in [0.25, 0.3) is 0 Å². The molecule has 1 amide bonds. The SMILES string of the molecule is O=C(c1ccc[nH]c1=O)N1C[C@H]2CC[C@@H]1CN(C1Cc3ccccc3C1)C2. The number of benzene rings is 1. The minimum absolute atomic E-state index is 0.108. The maximum absolute atomic E-state index is 13.1. The van der Waals surface area contributed by atoms with Gasteiger partial charge in [0.15, 0.2) is 0 Å². The van der Waals surface area contributed by atoms with E-state index in [1.54, 1.807) is 18.3 Å². The van der Waals surface area contributed by atoms with Gasteiger partial charge in [0, 0.05) is 37.9 Å². The lowest BCUT2D eigenvalue weighted by Crippen LogP contribution is -2.49. The van der Waals surface area contributed by atoms with Crippen LogP contribution in [0, 0.1) is 5.92 Å². The van der Waals surface area contributed by atoms with Crippen molar-refractivity contribution >= 4 is 5.91 Å². The van der Waals surface area contributed by atoms with Gasteiger partial charge in [0.05, 0.1) is 0 Å². The Morgan fingerprint density at radius 1 is 0.926 bits per heavy atom. The molecule has 1 N–H and O–H groups in total. The summed E-state index contributed by atoms with van der Waals surface area (Å²) in [5, 5.41) is 0. The highest BCUT2D eigenvalue weighted by molar-refractivity contribution is 5.94. The summed E-state index contributed by atoms with van der Waals surface area (Å²) in [6, 6.07) is 12.9. The second kappa shape index (κ2) is 6.64. The lowest BCUT2D eigenvalue weighted by Gasteiger charge is -2.36. The molecule has 2 aromatic rings. The van der Waals surface area contributed by atoms with Crippen molar-refractivity contribution in [3.8, 4) is 0 Å². The maximum atomic E-state index is 13.1. The van der Waals surface area contributed by atoms with Crippen molar-refractivity contribution in [3.05, 3.63) is 69.6 Å². The van der Waals surface area contributed by atoms with Gasteiger partial charge in [0.2, 0.25) is 0 Å². The van der Waals surface area contributed by atoms with E-state index in [-0.39, 0.29) is 23.1 Å². The van der Waals surface area contributed by atoms with Gasteiger partial charge >= 0.3 is 0 Å². The number of nitrogens with zero attached hydrogens (tertiary/aromatic N) is 2. The second-order valence-electron chi connectivity index (χ2n) is 8.25. The Bertz CT molecular complexity index is 897. The van der Waals surface area contributed by atoms with Gasteiger partial charge in [-0.1, -0.05) is 24.3 Å². The van der Waals surface area contributed by atoms with Crippen molar-refractivity contribution in [1.29, 1.82) is 0 Å². The predicted molar refractivity (Wildman–Crippen MR) is 104 cm³/mol. The predicted octanol–water partition coefficient (Wildman–Crippen LogP) is 2.08. The van der Waals surface area contributed by atoms with Gasteiger partial charge in [-0.2, -0.15) is 0 Å². The second-order valence-corrected chi connectivity index (χ2v) is 8.25. The molecule has 1 aliphatic carbocycles. The fourth-order valence-corrected chi connectivity index (χ4v) is 5.20. The number of piperidine rings is 1. The average Bonchev–Trinajstić information content (AvgIpc) is 2.91. The van der Waals surface area contributed by atoms with Crippen LogP contribution in [0.4, 0.5) is 0 Å². The quantitative estimate of drug-likeness (QED) is 0.889. The normalized spacial score (nSPS) is 25.4. The van der Waals surface area contributed by atoms with Crippen LogP contribution < -0.4 is 5.56 Å². The third kappa shape index (κ3) is 3.00. The molecule has 6 rings (SSSR count). The van der Waals surface area contributed by atoms with Crippen molar-refractivity contribution in [3.63, 3.8) is 0 Å². The number of hydrogen-bond acceptors (Lipinski definition) is 3. The van der Waals surface area contributed by atoms with Gasteiger partial charge in [-0.25, -0.2) is 0 Å². The van der Waals surface area contributed by atoms with E-state index >= 15 is 0 Å². The number of carbonyl (C=O) groups excluding carboxylic acids is 1. The minimum atomic E-state index is -0.286. The number of amides is 1. The molecule has 4 heterocycles. The van der Waals surface area contributed by atoms with E-state index in [1.807, 2.05) is 4.90 Å². The molecule has 3 saturated heterocycles. The van der Waals surface area contributed by atoms with Crippen LogP contribution in [0.15, 0.2) is 47.4 Å². The third-order valence-corrected chi connectivity index (χ3v) is 6.60.